The summed E-state index contributed by atoms with van der Waals surface area (Å²) in [5.41, 5.74) is 3.81. The Morgan fingerprint density at radius 3 is 1.98 bits per heavy atom. The molecule has 0 N–H and O–H groups in total. The summed E-state index contributed by atoms with van der Waals surface area (Å²) < 4.78 is 15.1. The van der Waals surface area contributed by atoms with Crippen LogP contribution < -0.4 is 16.0 Å². The van der Waals surface area contributed by atoms with Gasteiger partial charge in [0.1, 0.15) is 5.44 Å². The summed E-state index contributed by atoms with van der Waals surface area (Å²) in [5.74, 6) is 0. The summed E-state index contributed by atoms with van der Waals surface area (Å²) >= 11 is 0. The van der Waals surface area contributed by atoms with Gasteiger partial charge in [0.25, 0.3) is 0 Å². The summed E-state index contributed by atoms with van der Waals surface area (Å²) in [6, 6.07) is 45.9. The Balaban J connectivity index is 1.45. The summed E-state index contributed by atoms with van der Waals surface area (Å²) in [6.45, 7) is 0. The van der Waals surface area contributed by atoms with Gasteiger partial charge in [0.15, 0.2) is 7.14 Å². The number of rotatable bonds is 4. The molecule has 0 saturated heterocycles. The number of hydrogen-bond acceptors (Lipinski definition) is 4. The minimum absolute atomic E-state index is 0.536. The molecule has 0 fully saturated rings. The summed E-state index contributed by atoms with van der Waals surface area (Å²) in [4.78, 5) is 15.1. The van der Waals surface area contributed by atoms with Crippen molar-refractivity contribution >= 4 is 66.5 Å². The van der Waals surface area contributed by atoms with E-state index in [1.807, 2.05) is 103 Å². The third kappa shape index (κ3) is 3.77. The van der Waals surface area contributed by atoms with E-state index in [0.717, 1.165) is 59.7 Å². The van der Waals surface area contributed by atoms with E-state index in [0.29, 0.717) is 11.1 Å². The second-order valence-electron chi connectivity index (χ2n) is 10.4. The lowest BCUT2D eigenvalue weighted by molar-refractivity contribution is 0.592. The molecule has 0 spiro atoms. The van der Waals surface area contributed by atoms with E-state index >= 15 is 4.57 Å². The Hall–Kier alpha value is -5.18. The summed E-state index contributed by atoms with van der Waals surface area (Å²) in [7, 11) is -3.25. The lowest BCUT2D eigenvalue weighted by atomic mass is 9.95. The predicted octanol–water partition coefficient (Wildman–Crippen LogP) is 7.79. The Morgan fingerprint density at radius 1 is 0.500 bits per heavy atom. The van der Waals surface area contributed by atoms with E-state index in [1.165, 1.54) is 0 Å². The zero-order chi connectivity index (χ0) is 28.1. The quantitative estimate of drug-likeness (QED) is 0.164. The fraction of sp³-hybridized carbons (Fsp3) is 0. The molecule has 3 aromatic heterocycles. The summed E-state index contributed by atoms with van der Waals surface area (Å²) in [5, 5.41) is 7.96. The molecule has 8 aromatic rings. The Bertz CT molecular complexity index is 2290. The van der Waals surface area contributed by atoms with Crippen molar-refractivity contribution in [1.82, 2.24) is 15.0 Å². The van der Waals surface area contributed by atoms with Crippen molar-refractivity contribution in [2.24, 2.45) is 0 Å². The third-order valence-corrected chi connectivity index (χ3v) is 10.9. The largest absolute Gasteiger partial charge is 0.307 e. The molecule has 5 heteroatoms. The Labute approximate surface area is 242 Å². The average molecular weight is 558 g/mol. The first-order valence-electron chi connectivity index (χ1n) is 13.9. The normalized spacial score (nSPS) is 11.9. The van der Waals surface area contributed by atoms with Gasteiger partial charge >= 0.3 is 0 Å². The third-order valence-electron chi connectivity index (χ3n) is 7.96. The number of para-hydroxylation sites is 1. The van der Waals surface area contributed by atoms with Crippen LogP contribution in [0, 0.1) is 0 Å². The maximum atomic E-state index is 15.1. The standard InChI is InChI=1S/C37H24N3OP/c41-42(27-12-3-1-4-13-27,28-14-5-2-6-15-28)33-19-9-18-32(39-33)37-30-23-22-25-20-21-26-11-10-24-38-36(26)34(25)35(30)29-16-7-8-17-31(29)40-37/h1-24H. The molecule has 198 valence electrons. The fourth-order valence-corrected chi connectivity index (χ4v) is 8.56. The van der Waals surface area contributed by atoms with Crippen molar-refractivity contribution in [2.45, 2.75) is 0 Å². The predicted molar refractivity (Wildman–Crippen MR) is 175 cm³/mol. The van der Waals surface area contributed by atoms with Crippen LogP contribution in [0.3, 0.4) is 0 Å². The van der Waals surface area contributed by atoms with Crippen LogP contribution in [0.4, 0.5) is 0 Å². The number of pyridine rings is 3. The van der Waals surface area contributed by atoms with E-state index in [2.05, 4.69) is 42.5 Å². The molecule has 0 atom stereocenters. The monoisotopic (exact) mass is 557 g/mol. The number of aromatic nitrogens is 3. The molecule has 3 heterocycles. The van der Waals surface area contributed by atoms with Crippen LogP contribution in [0.15, 0.2) is 146 Å². The zero-order valence-electron chi connectivity index (χ0n) is 22.6. The highest BCUT2D eigenvalue weighted by atomic mass is 31.2. The van der Waals surface area contributed by atoms with Gasteiger partial charge in [-0.25, -0.2) is 9.97 Å². The number of nitrogens with zero attached hydrogens (tertiary/aromatic N) is 3. The second-order valence-corrected chi connectivity index (χ2v) is 13.1. The van der Waals surface area contributed by atoms with Crippen molar-refractivity contribution in [3.8, 4) is 11.4 Å². The molecular formula is C37H24N3OP. The average Bonchev–Trinajstić information content (AvgIpc) is 3.08. The number of hydrogen-bond donors (Lipinski definition) is 0. The molecule has 0 radical (unpaired) electrons. The van der Waals surface area contributed by atoms with Crippen molar-refractivity contribution in [3.05, 3.63) is 146 Å². The molecular weight excluding hydrogens is 533 g/mol. The van der Waals surface area contributed by atoms with Crippen LogP contribution in [-0.2, 0) is 4.57 Å². The van der Waals surface area contributed by atoms with Crippen molar-refractivity contribution in [1.29, 1.82) is 0 Å². The van der Waals surface area contributed by atoms with Gasteiger partial charge in [0, 0.05) is 43.7 Å². The molecule has 0 saturated carbocycles. The minimum Gasteiger partial charge on any atom is -0.307 e. The van der Waals surface area contributed by atoms with Crippen molar-refractivity contribution in [3.63, 3.8) is 0 Å². The smallest absolute Gasteiger partial charge is 0.188 e. The van der Waals surface area contributed by atoms with E-state index in [-0.39, 0.29) is 0 Å². The highest BCUT2D eigenvalue weighted by Gasteiger charge is 2.31. The maximum Gasteiger partial charge on any atom is 0.188 e. The van der Waals surface area contributed by atoms with Gasteiger partial charge in [0.05, 0.1) is 22.4 Å². The van der Waals surface area contributed by atoms with Crippen LogP contribution in [0.1, 0.15) is 0 Å². The minimum atomic E-state index is -3.25. The fourth-order valence-electron chi connectivity index (χ4n) is 6.01. The molecule has 0 aliphatic carbocycles. The van der Waals surface area contributed by atoms with Gasteiger partial charge < -0.3 is 4.57 Å². The molecule has 0 unspecified atom stereocenters. The van der Waals surface area contributed by atoms with Crippen molar-refractivity contribution in [2.75, 3.05) is 0 Å². The highest BCUT2D eigenvalue weighted by molar-refractivity contribution is 7.85. The topological polar surface area (TPSA) is 55.7 Å². The molecule has 8 rings (SSSR count). The molecule has 0 bridgehead atoms. The van der Waals surface area contributed by atoms with Gasteiger partial charge in [-0.05, 0) is 29.7 Å². The van der Waals surface area contributed by atoms with Gasteiger partial charge in [-0.3, -0.25) is 4.98 Å². The second kappa shape index (κ2) is 9.73. The number of benzene rings is 5. The lowest BCUT2D eigenvalue weighted by Crippen LogP contribution is -2.27. The molecule has 42 heavy (non-hydrogen) atoms. The lowest BCUT2D eigenvalue weighted by Gasteiger charge is -2.20. The van der Waals surface area contributed by atoms with E-state index < -0.39 is 7.14 Å². The Kier molecular flexibility index (Phi) is 5.70. The number of fused-ring (bicyclic) bond motifs is 7. The first-order chi connectivity index (χ1) is 20.7. The molecule has 0 aliphatic rings. The molecule has 0 amide bonds. The van der Waals surface area contributed by atoms with Crippen LogP contribution in [-0.4, -0.2) is 15.0 Å². The first-order valence-corrected chi connectivity index (χ1v) is 15.6. The van der Waals surface area contributed by atoms with Crippen molar-refractivity contribution < 1.29 is 4.57 Å². The molecule has 4 nitrogen and oxygen atoms in total. The SMILES string of the molecule is O=P(c1ccccc1)(c1ccccc1)c1cccc(-c2nc3ccccc3c3c2ccc2ccc4cccnc4c23)n1. The van der Waals surface area contributed by atoms with Gasteiger partial charge in [-0.1, -0.05) is 115 Å². The maximum absolute atomic E-state index is 15.1. The van der Waals surface area contributed by atoms with Crippen LogP contribution in [0.2, 0.25) is 0 Å². The van der Waals surface area contributed by atoms with Gasteiger partial charge in [-0.15, -0.1) is 0 Å². The van der Waals surface area contributed by atoms with E-state index in [9.17, 15) is 0 Å². The van der Waals surface area contributed by atoms with E-state index in [4.69, 9.17) is 15.0 Å². The Morgan fingerprint density at radius 2 is 1.19 bits per heavy atom. The summed E-state index contributed by atoms with van der Waals surface area (Å²) in [6.07, 6.45) is 1.85. The molecule has 5 aromatic carbocycles. The molecule has 0 aliphatic heterocycles. The highest BCUT2D eigenvalue weighted by Crippen LogP contribution is 2.43. The van der Waals surface area contributed by atoms with Crippen LogP contribution in [0.5, 0.6) is 0 Å². The van der Waals surface area contributed by atoms with Crippen LogP contribution in [0.25, 0.3) is 54.7 Å². The van der Waals surface area contributed by atoms with Gasteiger partial charge in [-0.2, -0.15) is 0 Å². The zero-order valence-corrected chi connectivity index (χ0v) is 23.4. The first kappa shape index (κ1) is 24.6. The van der Waals surface area contributed by atoms with Crippen LogP contribution >= 0.6 is 7.14 Å². The van der Waals surface area contributed by atoms with E-state index in [1.54, 1.807) is 0 Å². The van der Waals surface area contributed by atoms with Gasteiger partial charge in [0.2, 0.25) is 0 Å².